The maximum Gasteiger partial charge on any atom is 0.237 e. The van der Waals surface area contributed by atoms with Gasteiger partial charge in [-0.15, -0.1) is 0 Å². The standard InChI is InChI=1S/C9H7Br3O3/c1-3(2)15-9-6(12)7(13)4(10)5(11)8(9)14/h3H,1-2H3. The van der Waals surface area contributed by atoms with E-state index in [4.69, 9.17) is 4.74 Å². The minimum atomic E-state index is -0.345. The van der Waals surface area contributed by atoms with Crippen LogP contribution in [0.4, 0.5) is 0 Å². The molecule has 0 unspecified atom stereocenters. The van der Waals surface area contributed by atoms with Crippen LogP contribution < -0.4 is 0 Å². The molecule has 0 amide bonds. The first-order chi connectivity index (χ1) is 6.86. The molecule has 0 aromatic carbocycles. The van der Waals surface area contributed by atoms with Gasteiger partial charge >= 0.3 is 0 Å². The summed E-state index contributed by atoms with van der Waals surface area (Å²) in [5.41, 5.74) is 0. The summed E-state index contributed by atoms with van der Waals surface area (Å²) in [4.78, 5) is 23.3. The molecule has 0 N–H and O–H groups in total. The van der Waals surface area contributed by atoms with E-state index >= 15 is 0 Å². The molecule has 0 fully saturated rings. The van der Waals surface area contributed by atoms with Crippen LogP contribution in [0.3, 0.4) is 0 Å². The van der Waals surface area contributed by atoms with Crippen LogP contribution in [0.2, 0.25) is 0 Å². The second kappa shape index (κ2) is 4.93. The van der Waals surface area contributed by atoms with Crippen LogP contribution in [0.5, 0.6) is 0 Å². The Labute approximate surface area is 112 Å². The molecule has 0 atom stereocenters. The Morgan fingerprint density at radius 2 is 1.40 bits per heavy atom. The van der Waals surface area contributed by atoms with Gasteiger partial charge < -0.3 is 4.74 Å². The van der Waals surface area contributed by atoms with E-state index < -0.39 is 0 Å². The fourth-order valence-corrected chi connectivity index (χ4v) is 2.42. The van der Waals surface area contributed by atoms with Crippen molar-refractivity contribution in [3.8, 4) is 0 Å². The van der Waals surface area contributed by atoms with Crippen LogP contribution in [-0.4, -0.2) is 17.7 Å². The second-order valence-corrected chi connectivity index (χ2v) is 5.47. The molecule has 15 heavy (non-hydrogen) atoms. The van der Waals surface area contributed by atoms with Crippen LogP contribution in [0, 0.1) is 0 Å². The average molecular weight is 403 g/mol. The fourth-order valence-electron chi connectivity index (χ4n) is 0.939. The third-order valence-corrected chi connectivity index (χ3v) is 4.32. The summed E-state index contributed by atoms with van der Waals surface area (Å²) >= 11 is 9.14. The molecular weight excluding hydrogens is 396 g/mol. The highest BCUT2D eigenvalue weighted by Crippen LogP contribution is 2.34. The highest BCUT2D eigenvalue weighted by Gasteiger charge is 2.33. The lowest BCUT2D eigenvalue weighted by Gasteiger charge is -2.18. The Kier molecular flexibility index (Phi) is 4.31. The zero-order valence-electron chi connectivity index (χ0n) is 7.94. The highest BCUT2D eigenvalue weighted by molar-refractivity contribution is 9.15. The number of hydrogen-bond acceptors (Lipinski definition) is 3. The lowest BCUT2D eigenvalue weighted by atomic mass is 10.1. The zero-order valence-corrected chi connectivity index (χ0v) is 12.7. The highest BCUT2D eigenvalue weighted by atomic mass is 79.9. The fraction of sp³-hybridized carbons (Fsp3) is 0.333. The number of Topliss-reactive ketones (excluding diaryl/α,β-unsaturated/α-hetero) is 2. The van der Waals surface area contributed by atoms with Crippen molar-refractivity contribution in [2.45, 2.75) is 20.0 Å². The quantitative estimate of drug-likeness (QED) is 0.666. The summed E-state index contributed by atoms with van der Waals surface area (Å²) in [5, 5.41) is 0. The van der Waals surface area contributed by atoms with Crippen LogP contribution >= 0.6 is 47.8 Å². The first kappa shape index (κ1) is 13.1. The molecule has 1 rings (SSSR count). The lowest BCUT2D eigenvalue weighted by Crippen LogP contribution is -2.21. The number of ether oxygens (including phenoxy) is 1. The monoisotopic (exact) mass is 400 g/mol. The van der Waals surface area contributed by atoms with Gasteiger partial charge in [0, 0.05) is 0 Å². The maximum absolute atomic E-state index is 11.7. The molecule has 0 aliphatic heterocycles. The molecule has 0 heterocycles. The Morgan fingerprint density at radius 3 is 1.87 bits per heavy atom. The van der Waals surface area contributed by atoms with E-state index in [1.165, 1.54) is 0 Å². The number of halogens is 3. The third-order valence-electron chi connectivity index (χ3n) is 1.55. The predicted molar refractivity (Wildman–Crippen MR) is 67.1 cm³/mol. The van der Waals surface area contributed by atoms with Gasteiger partial charge in [-0.3, -0.25) is 9.59 Å². The summed E-state index contributed by atoms with van der Waals surface area (Å²) in [6.07, 6.45) is -0.165. The molecule has 0 bridgehead atoms. The Bertz CT molecular complexity index is 393. The van der Waals surface area contributed by atoms with E-state index in [0.717, 1.165) is 0 Å². The Hall–Kier alpha value is 0.0600. The topological polar surface area (TPSA) is 43.4 Å². The van der Waals surface area contributed by atoms with Gasteiger partial charge in [-0.05, 0) is 61.6 Å². The smallest absolute Gasteiger partial charge is 0.237 e. The zero-order chi connectivity index (χ0) is 11.7. The first-order valence-electron chi connectivity index (χ1n) is 4.07. The molecule has 6 heteroatoms. The van der Waals surface area contributed by atoms with Gasteiger partial charge in [-0.2, -0.15) is 0 Å². The van der Waals surface area contributed by atoms with Crippen molar-refractivity contribution >= 4 is 59.4 Å². The predicted octanol–water partition coefficient (Wildman–Crippen LogP) is 3.17. The van der Waals surface area contributed by atoms with E-state index in [1.54, 1.807) is 13.8 Å². The van der Waals surface area contributed by atoms with Gasteiger partial charge in [0.25, 0.3) is 0 Å². The molecule has 1 aliphatic carbocycles. The largest absolute Gasteiger partial charge is 0.486 e. The number of ketones is 2. The lowest BCUT2D eigenvalue weighted by molar-refractivity contribution is -0.118. The Morgan fingerprint density at radius 1 is 0.933 bits per heavy atom. The molecule has 0 saturated heterocycles. The number of rotatable bonds is 2. The maximum atomic E-state index is 11.7. The molecule has 0 aromatic rings. The van der Waals surface area contributed by atoms with Crippen molar-refractivity contribution in [3.05, 3.63) is 19.2 Å². The summed E-state index contributed by atoms with van der Waals surface area (Å²) < 4.78 is 5.82. The molecule has 0 saturated carbocycles. The van der Waals surface area contributed by atoms with Crippen LogP contribution in [-0.2, 0) is 14.3 Å². The van der Waals surface area contributed by atoms with Crippen molar-refractivity contribution in [2.75, 3.05) is 0 Å². The van der Waals surface area contributed by atoms with Crippen molar-refractivity contribution in [1.29, 1.82) is 0 Å². The third kappa shape index (κ3) is 2.60. The number of carbonyl (C=O) groups excluding carboxylic acids is 2. The minimum absolute atomic E-state index is 0.0464. The summed E-state index contributed by atoms with van der Waals surface area (Å²) in [6.45, 7) is 3.57. The van der Waals surface area contributed by atoms with E-state index in [0.29, 0.717) is 0 Å². The summed E-state index contributed by atoms with van der Waals surface area (Å²) in [6, 6.07) is 0. The van der Waals surface area contributed by atoms with Gasteiger partial charge in [0.15, 0.2) is 5.76 Å². The van der Waals surface area contributed by atoms with Crippen molar-refractivity contribution in [2.24, 2.45) is 0 Å². The van der Waals surface area contributed by atoms with E-state index in [-0.39, 0.29) is 36.9 Å². The molecule has 3 nitrogen and oxygen atoms in total. The van der Waals surface area contributed by atoms with Crippen LogP contribution in [0.25, 0.3) is 0 Å². The van der Waals surface area contributed by atoms with Gasteiger partial charge in [-0.25, -0.2) is 0 Å². The molecule has 0 aromatic heterocycles. The van der Waals surface area contributed by atoms with Gasteiger partial charge in [0.05, 0.1) is 15.1 Å². The van der Waals surface area contributed by atoms with Crippen LogP contribution in [0.1, 0.15) is 13.8 Å². The molecular formula is C9H7Br3O3. The molecule has 0 spiro atoms. The normalized spacial score (nSPS) is 18.0. The van der Waals surface area contributed by atoms with Gasteiger partial charge in [0.2, 0.25) is 11.6 Å². The van der Waals surface area contributed by atoms with E-state index in [1.807, 2.05) is 0 Å². The van der Waals surface area contributed by atoms with Crippen molar-refractivity contribution in [1.82, 2.24) is 0 Å². The molecule has 82 valence electrons. The number of carbonyl (C=O) groups is 2. The minimum Gasteiger partial charge on any atom is -0.486 e. The Balaban J connectivity index is 3.17. The number of allylic oxidation sites excluding steroid dienone is 3. The van der Waals surface area contributed by atoms with Crippen LogP contribution in [0.15, 0.2) is 19.2 Å². The second-order valence-electron chi connectivity index (χ2n) is 3.10. The van der Waals surface area contributed by atoms with Gasteiger partial charge in [0.1, 0.15) is 4.48 Å². The summed E-state index contributed by atoms with van der Waals surface area (Å²) in [5.74, 6) is -0.607. The van der Waals surface area contributed by atoms with Crippen molar-refractivity contribution in [3.63, 3.8) is 0 Å². The molecule has 1 aliphatic rings. The van der Waals surface area contributed by atoms with Gasteiger partial charge in [-0.1, -0.05) is 0 Å². The SMILES string of the molecule is CC(C)OC1=C(Br)C(=O)C(Br)=C(Br)C1=O. The first-order valence-corrected chi connectivity index (χ1v) is 6.45. The average Bonchev–Trinajstić information content (AvgIpc) is 2.18. The number of hydrogen-bond donors (Lipinski definition) is 0. The summed E-state index contributed by atoms with van der Waals surface area (Å²) in [7, 11) is 0. The van der Waals surface area contributed by atoms with E-state index in [9.17, 15) is 9.59 Å². The molecule has 0 radical (unpaired) electrons. The van der Waals surface area contributed by atoms with E-state index in [2.05, 4.69) is 47.8 Å². The van der Waals surface area contributed by atoms with Crippen molar-refractivity contribution < 1.29 is 14.3 Å².